The molecule has 23 heavy (non-hydrogen) atoms. The number of methoxy groups -OCH3 is 1. The van der Waals surface area contributed by atoms with E-state index in [0.717, 1.165) is 0 Å². The Morgan fingerprint density at radius 3 is 2.91 bits per heavy atom. The molecule has 9 heteroatoms. The lowest BCUT2D eigenvalue weighted by Gasteiger charge is -2.18. The molecule has 0 saturated carbocycles. The highest BCUT2D eigenvalue weighted by Gasteiger charge is 2.25. The van der Waals surface area contributed by atoms with Crippen molar-refractivity contribution in [3.63, 3.8) is 0 Å². The summed E-state index contributed by atoms with van der Waals surface area (Å²) in [5, 5.41) is 4.34. The van der Waals surface area contributed by atoms with Crippen LogP contribution in [0.3, 0.4) is 0 Å². The van der Waals surface area contributed by atoms with E-state index in [0.29, 0.717) is 50.7 Å². The van der Waals surface area contributed by atoms with Gasteiger partial charge in [-0.2, -0.15) is 5.10 Å². The number of ether oxygens (including phenoxy) is 1. The van der Waals surface area contributed by atoms with E-state index in [1.807, 2.05) is 0 Å². The SMILES string of the molecule is COCCn1nc2n(c1=O)CCN(C(=O)c1ocnc1C)CC2. The molecule has 3 rings (SSSR count). The average Bonchev–Trinajstić information content (AvgIpc) is 3.01. The highest BCUT2D eigenvalue weighted by Crippen LogP contribution is 2.12. The van der Waals surface area contributed by atoms with E-state index >= 15 is 0 Å². The van der Waals surface area contributed by atoms with Gasteiger partial charge in [0.15, 0.2) is 6.39 Å². The largest absolute Gasteiger partial charge is 0.438 e. The summed E-state index contributed by atoms with van der Waals surface area (Å²) in [5.41, 5.74) is 0.404. The standard InChI is InChI=1S/C14H19N5O4/c1-10-12(23-9-15-10)13(20)17-4-3-11-16-19(7-8-22-2)14(21)18(11)6-5-17/h9H,3-8H2,1-2H3. The zero-order valence-electron chi connectivity index (χ0n) is 13.2. The molecule has 0 aromatic carbocycles. The van der Waals surface area contributed by atoms with Crippen LogP contribution in [0.25, 0.3) is 0 Å². The van der Waals surface area contributed by atoms with Crippen LogP contribution >= 0.6 is 0 Å². The van der Waals surface area contributed by atoms with Gasteiger partial charge in [-0.3, -0.25) is 9.36 Å². The molecule has 1 aliphatic heterocycles. The first-order chi connectivity index (χ1) is 11.1. The molecule has 9 nitrogen and oxygen atoms in total. The third-order valence-electron chi connectivity index (χ3n) is 3.93. The first kappa shape index (κ1) is 15.5. The van der Waals surface area contributed by atoms with Crippen molar-refractivity contribution >= 4 is 5.91 Å². The number of fused-ring (bicyclic) bond motifs is 1. The van der Waals surface area contributed by atoms with Crippen molar-refractivity contribution < 1.29 is 13.9 Å². The van der Waals surface area contributed by atoms with E-state index in [-0.39, 0.29) is 17.4 Å². The van der Waals surface area contributed by atoms with Gasteiger partial charge in [0.1, 0.15) is 5.82 Å². The molecule has 3 heterocycles. The lowest BCUT2D eigenvalue weighted by molar-refractivity contribution is 0.0725. The highest BCUT2D eigenvalue weighted by molar-refractivity contribution is 5.92. The summed E-state index contributed by atoms with van der Waals surface area (Å²) in [6.45, 7) is 3.93. The van der Waals surface area contributed by atoms with Gasteiger partial charge in [0.25, 0.3) is 5.91 Å². The molecule has 124 valence electrons. The minimum Gasteiger partial charge on any atom is -0.438 e. The molecule has 2 aromatic heterocycles. The summed E-state index contributed by atoms with van der Waals surface area (Å²) in [5.74, 6) is 0.739. The second-order valence-corrected chi connectivity index (χ2v) is 5.38. The van der Waals surface area contributed by atoms with E-state index in [4.69, 9.17) is 9.15 Å². The van der Waals surface area contributed by atoms with Gasteiger partial charge in [0, 0.05) is 33.2 Å². The number of carbonyl (C=O) groups is 1. The normalized spacial score (nSPS) is 14.6. The molecule has 1 amide bonds. The Hall–Kier alpha value is -2.42. The minimum absolute atomic E-state index is 0.165. The van der Waals surface area contributed by atoms with Crippen molar-refractivity contribution in [2.45, 2.75) is 26.4 Å². The molecule has 0 atom stereocenters. The first-order valence-electron chi connectivity index (χ1n) is 7.46. The van der Waals surface area contributed by atoms with Gasteiger partial charge in [0.2, 0.25) is 5.76 Å². The molecule has 2 aromatic rings. The Labute approximate surface area is 132 Å². The molecule has 0 aliphatic carbocycles. The molecule has 0 bridgehead atoms. The molecule has 0 saturated heterocycles. The van der Waals surface area contributed by atoms with Crippen LogP contribution in [0.1, 0.15) is 22.1 Å². The molecule has 0 spiro atoms. The van der Waals surface area contributed by atoms with E-state index < -0.39 is 0 Å². The van der Waals surface area contributed by atoms with Gasteiger partial charge in [-0.1, -0.05) is 0 Å². The van der Waals surface area contributed by atoms with Crippen molar-refractivity contribution in [1.29, 1.82) is 0 Å². The van der Waals surface area contributed by atoms with Crippen LogP contribution in [-0.2, 0) is 24.2 Å². The number of hydrogen-bond acceptors (Lipinski definition) is 6. The summed E-state index contributed by atoms with van der Waals surface area (Å²) >= 11 is 0. The molecular weight excluding hydrogens is 302 g/mol. The fourth-order valence-corrected chi connectivity index (χ4v) is 2.64. The lowest BCUT2D eigenvalue weighted by atomic mass is 10.3. The topological polar surface area (TPSA) is 95.4 Å². The smallest absolute Gasteiger partial charge is 0.346 e. The van der Waals surface area contributed by atoms with Gasteiger partial charge < -0.3 is 14.1 Å². The number of oxazole rings is 1. The second-order valence-electron chi connectivity index (χ2n) is 5.38. The van der Waals surface area contributed by atoms with Crippen molar-refractivity contribution in [3.8, 4) is 0 Å². The zero-order chi connectivity index (χ0) is 16.4. The second kappa shape index (κ2) is 6.37. The maximum Gasteiger partial charge on any atom is 0.346 e. The molecule has 0 unspecified atom stereocenters. The number of hydrogen-bond donors (Lipinski definition) is 0. The third kappa shape index (κ3) is 2.91. The monoisotopic (exact) mass is 321 g/mol. The molecule has 0 radical (unpaired) electrons. The lowest BCUT2D eigenvalue weighted by Crippen LogP contribution is -2.35. The Balaban J connectivity index is 1.75. The zero-order valence-corrected chi connectivity index (χ0v) is 13.2. The number of aryl methyl sites for hydroxylation is 1. The van der Waals surface area contributed by atoms with Crippen molar-refractivity contribution in [2.75, 3.05) is 26.8 Å². The fourth-order valence-electron chi connectivity index (χ4n) is 2.64. The number of aromatic nitrogens is 4. The summed E-state index contributed by atoms with van der Waals surface area (Å²) in [6, 6.07) is 0. The van der Waals surface area contributed by atoms with Gasteiger partial charge in [-0.05, 0) is 6.92 Å². The Morgan fingerprint density at radius 2 is 2.22 bits per heavy atom. The number of carbonyl (C=O) groups excluding carboxylic acids is 1. The number of rotatable bonds is 4. The average molecular weight is 321 g/mol. The molecule has 1 aliphatic rings. The summed E-state index contributed by atoms with van der Waals surface area (Å²) in [6.07, 6.45) is 1.79. The third-order valence-corrected chi connectivity index (χ3v) is 3.93. The predicted octanol–water partition coefficient (Wildman–Crippen LogP) is -0.314. The van der Waals surface area contributed by atoms with Crippen LogP contribution in [0, 0.1) is 6.92 Å². The van der Waals surface area contributed by atoms with Gasteiger partial charge in [0.05, 0.1) is 18.8 Å². The van der Waals surface area contributed by atoms with Crippen LogP contribution in [0.2, 0.25) is 0 Å². The summed E-state index contributed by atoms with van der Waals surface area (Å²) in [4.78, 5) is 30.4. The van der Waals surface area contributed by atoms with Crippen LogP contribution in [0.15, 0.2) is 15.6 Å². The predicted molar refractivity (Wildman–Crippen MR) is 79.2 cm³/mol. The van der Waals surface area contributed by atoms with E-state index in [2.05, 4.69) is 10.1 Å². The summed E-state index contributed by atoms with van der Waals surface area (Å²) in [7, 11) is 1.58. The van der Waals surface area contributed by atoms with Crippen LogP contribution < -0.4 is 5.69 Å². The van der Waals surface area contributed by atoms with Crippen LogP contribution in [0.4, 0.5) is 0 Å². The molecule has 0 fully saturated rings. The van der Waals surface area contributed by atoms with Crippen LogP contribution in [0.5, 0.6) is 0 Å². The van der Waals surface area contributed by atoms with Crippen LogP contribution in [-0.4, -0.2) is 56.9 Å². The number of nitrogens with zero attached hydrogens (tertiary/aromatic N) is 5. The van der Waals surface area contributed by atoms with Crippen molar-refractivity contribution in [3.05, 3.63) is 34.2 Å². The Kier molecular flexibility index (Phi) is 4.28. The van der Waals surface area contributed by atoms with Crippen molar-refractivity contribution in [2.24, 2.45) is 0 Å². The van der Waals surface area contributed by atoms with E-state index in [1.54, 1.807) is 23.5 Å². The maximum absolute atomic E-state index is 12.5. The Bertz CT molecular complexity index is 760. The highest BCUT2D eigenvalue weighted by atomic mass is 16.5. The van der Waals surface area contributed by atoms with E-state index in [1.165, 1.54) is 11.1 Å². The maximum atomic E-state index is 12.5. The van der Waals surface area contributed by atoms with Gasteiger partial charge in [-0.15, -0.1) is 0 Å². The van der Waals surface area contributed by atoms with Gasteiger partial charge in [-0.25, -0.2) is 14.5 Å². The molecule has 0 N–H and O–H groups in total. The fraction of sp³-hybridized carbons (Fsp3) is 0.571. The first-order valence-corrected chi connectivity index (χ1v) is 7.46. The van der Waals surface area contributed by atoms with Gasteiger partial charge >= 0.3 is 5.69 Å². The van der Waals surface area contributed by atoms with E-state index in [9.17, 15) is 9.59 Å². The Morgan fingerprint density at radius 1 is 1.39 bits per heavy atom. The quantitative estimate of drug-likeness (QED) is 0.766. The summed E-state index contributed by atoms with van der Waals surface area (Å²) < 4.78 is 13.2. The molecular formula is C14H19N5O4. The minimum atomic E-state index is -0.203. The number of amides is 1. The van der Waals surface area contributed by atoms with Crippen molar-refractivity contribution in [1.82, 2.24) is 24.2 Å².